The highest BCUT2D eigenvalue weighted by Crippen LogP contribution is 2.52. The fourth-order valence-electron chi connectivity index (χ4n) is 6.44. The van der Waals surface area contributed by atoms with Crippen molar-refractivity contribution >= 4 is 39.2 Å². The van der Waals surface area contributed by atoms with Gasteiger partial charge in [-0.3, -0.25) is 14.2 Å². The van der Waals surface area contributed by atoms with Gasteiger partial charge in [-0.2, -0.15) is 0 Å². The summed E-state index contributed by atoms with van der Waals surface area (Å²) in [5, 5.41) is 0.979. The van der Waals surface area contributed by atoms with E-state index in [-0.39, 0.29) is 27.5 Å². The second kappa shape index (κ2) is 8.23. The number of benzene rings is 1. The number of likely N-dealkylation sites (tertiary alicyclic amines) is 1. The molecule has 1 aliphatic carbocycles. The van der Waals surface area contributed by atoms with Crippen LogP contribution < -0.4 is 5.56 Å². The van der Waals surface area contributed by atoms with Gasteiger partial charge >= 0.3 is 0 Å². The van der Waals surface area contributed by atoms with E-state index in [1.165, 1.54) is 11.8 Å². The molecule has 2 aromatic heterocycles. The third kappa shape index (κ3) is 4.01. The van der Waals surface area contributed by atoms with Gasteiger partial charge in [0.1, 0.15) is 4.83 Å². The second-order valence-electron chi connectivity index (χ2n) is 11.3. The van der Waals surface area contributed by atoms with Crippen LogP contribution in [0.5, 0.6) is 0 Å². The van der Waals surface area contributed by atoms with E-state index in [9.17, 15) is 9.59 Å². The summed E-state index contributed by atoms with van der Waals surface area (Å²) >= 11 is 2.96. The van der Waals surface area contributed by atoms with Crippen LogP contribution in [0.4, 0.5) is 0 Å². The summed E-state index contributed by atoms with van der Waals surface area (Å²) in [7, 11) is 1.77. The molecule has 5 nitrogen and oxygen atoms in total. The maximum Gasteiger partial charge on any atom is 0.263 e. The molecule has 2 aliphatic rings. The van der Waals surface area contributed by atoms with Crippen LogP contribution in [0.15, 0.2) is 40.3 Å². The van der Waals surface area contributed by atoms with Gasteiger partial charge in [-0.05, 0) is 49.5 Å². The van der Waals surface area contributed by atoms with E-state index in [1.54, 1.807) is 23.0 Å². The van der Waals surface area contributed by atoms with E-state index in [0.717, 1.165) is 46.6 Å². The van der Waals surface area contributed by atoms with E-state index in [0.29, 0.717) is 16.6 Å². The summed E-state index contributed by atoms with van der Waals surface area (Å²) in [5.41, 5.74) is 2.42. The molecule has 1 aromatic carbocycles. The summed E-state index contributed by atoms with van der Waals surface area (Å²) in [6.07, 6.45) is 3.32. The van der Waals surface area contributed by atoms with Gasteiger partial charge in [-0.1, -0.05) is 62.9 Å². The first-order chi connectivity index (χ1) is 16.0. The fourth-order valence-corrected chi connectivity index (χ4v) is 8.47. The summed E-state index contributed by atoms with van der Waals surface area (Å²) in [6, 6.07) is 10.3. The number of thiophene rings is 1. The van der Waals surface area contributed by atoms with E-state index < -0.39 is 0 Å². The molecule has 34 heavy (non-hydrogen) atoms. The third-order valence-corrected chi connectivity index (χ3v) is 9.59. The Kier molecular flexibility index (Phi) is 5.72. The summed E-state index contributed by atoms with van der Waals surface area (Å²) in [5.74, 6) is 0.165. The molecular formula is C27H33N3O2S2. The molecule has 5 rings (SSSR count). The second-order valence-corrected chi connectivity index (χ2v) is 13.8. The smallest absolute Gasteiger partial charge is 0.263 e. The Morgan fingerprint density at radius 2 is 1.91 bits per heavy atom. The van der Waals surface area contributed by atoms with Crippen molar-refractivity contribution in [3.63, 3.8) is 0 Å². The zero-order chi connectivity index (χ0) is 24.4. The third-order valence-electron chi connectivity index (χ3n) is 7.46. The normalized spacial score (nSPS) is 24.5. The van der Waals surface area contributed by atoms with Crippen molar-refractivity contribution in [3.8, 4) is 11.1 Å². The van der Waals surface area contributed by atoms with E-state index >= 15 is 0 Å². The Bertz CT molecular complexity index is 1330. The standard InChI is InChI=1S/C27H33N3O2S2/c1-16-20(18-10-8-7-9-11-18)21-22(33-16)28-25(29(6)24(21)32)34-17(2)23(31)30-15-27(5)13-19(30)12-26(3,4)14-27/h7-11,17,19H,12-15H2,1-6H3. The number of thioether (sulfide) groups is 1. The molecule has 1 saturated heterocycles. The van der Waals surface area contributed by atoms with Gasteiger partial charge in [0, 0.05) is 30.1 Å². The molecule has 3 unspecified atom stereocenters. The molecule has 3 aromatic rings. The molecule has 7 heteroatoms. The number of rotatable bonds is 4. The molecule has 2 bridgehead atoms. The summed E-state index contributed by atoms with van der Waals surface area (Å²) in [4.78, 5) is 35.8. The monoisotopic (exact) mass is 495 g/mol. The topological polar surface area (TPSA) is 55.2 Å². The van der Waals surface area contributed by atoms with Gasteiger partial charge in [0.15, 0.2) is 5.16 Å². The quantitative estimate of drug-likeness (QED) is 0.335. The average molecular weight is 496 g/mol. The molecule has 1 aliphatic heterocycles. The fraction of sp³-hybridized carbons (Fsp3) is 0.519. The molecule has 0 radical (unpaired) electrons. The summed E-state index contributed by atoms with van der Waals surface area (Å²) < 4.78 is 1.61. The van der Waals surface area contributed by atoms with Crippen LogP contribution in [-0.2, 0) is 11.8 Å². The molecule has 2 fully saturated rings. The van der Waals surface area contributed by atoms with Gasteiger partial charge in [-0.25, -0.2) is 4.98 Å². The number of aromatic nitrogens is 2. The minimum absolute atomic E-state index is 0.0540. The van der Waals surface area contributed by atoms with Crippen molar-refractivity contribution in [1.82, 2.24) is 14.5 Å². The zero-order valence-corrected chi connectivity index (χ0v) is 22.5. The predicted octanol–water partition coefficient (Wildman–Crippen LogP) is 5.88. The van der Waals surface area contributed by atoms with Crippen LogP contribution in [0.3, 0.4) is 0 Å². The van der Waals surface area contributed by atoms with Crippen LogP contribution in [0.2, 0.25) is 0 Å². The number of carbonyl (C=O) groups excluding carboxylic acids is 1. The predicted molar refractivity (Wildman–Crippen MR) is 142 cm³/mol. The van der Waals surface area contributed by atoms with Gasteiger partial charge in [-0.15, -0.1) is 11.3 Å². The van der Waals surface area contributed by atoms with Gasteiger partial charge in [0.2, 0.25) is 5.91 Å². The highest BCUT2D eigenvalue weighted by atomic mass is 32.2. The number of nitrogens with zero attached hydrogens (tertiary/aromatic N) is 3. The number of hydrogen-bond acceptors (Lipinski definition) is 5. The van der Waals surface area contributed by atoms with Crippen molar-refractivity contribution in [2.24, 2.45) is 17.9 Å². The Morgan fingerprint density at radius 1 is 1.21 bits per heavy atom. The molecule has 3 heterocycles. The Hall–Kier alpha value is -2.12. The van der Waals surface area contributed by atoms with Gasteiger partial charge in [0.05, 0.1) is 10.6 Å². The van der Waals surface area contributed by atoms with Crippen LogP contribution in [0.1, 0.15) is 51.8 Å². The summed E-state index contributed by atoms with van der Waals surface area (Å²) in [6.45, 7) is 11.8. The Labute approximate surface area is 209 Å². The first kappa shape index (κ1) is 23.6. The lowest BCUT2D eigenvalue weighted by molar-refractivity contribution is -0.131. The van der Waals surface area contributed by atoms with Crippen LogP contribution in [0, 0.1) is 17.8 Å². The molecular weight excluding hydrogens is 462 g/mol. The number of aryl methyl sites for hydroxylation is 1. The van der Waals surface area contributed by atoms with Crippen molar-refractivity contribution in [3.05, 3.63) is 45.6 Å². The van der Waals surface area contributed by atoms with Crippen molar-refractivity contribution in [2.75, 3.05) is 6.54 Å². The minimum Gasteiger partial charge on any atom is -0.338 e. The average Bonchev–Trinajstić information content (AvgIpc) is 3.23. The number of fused-ring (bicyclic) bond motifs is 3. The van der Waals surface area contributed by atoms with E-state index in [2.05, 4.69) is 25.7 Å². The molecule has 1 amide bonds. The number of amides is 1. The van der Waals surface area contributed by atoms with Crippen LogP contribution in [-0.4, -0.2) is 38.2 Å². The lowest BCUT2D eigenvalue weighted by atomic mass is 9.65. The van der Waals surface area contributed by atoms with Crippen molar-refractivity contribution in [2.45, 2.75) is 70.3 Å². The minimum atomic E-state index is -0.295. The largest absolute Gasteiger partial charge is 0.338 e. The molecule has 1 saturated carbocycles. The Balaban J connectivity index is 1.44. The molecule has 3 atom stereocenters. The zero-order valence-electron chi connectivity index (χ0n) is 20.8. The highest BCUT2D eigenvalue weighted by molar-refractivity contribution is 8.00. The number of hydrogen-bond donors (Lipinski definition) is 0. The van der Waals surface area contributed by atoms with Gasteiger partial charge in [0.25, 0.3) is 5.56 Å². The SMILES string of the molecule is Cc1sc2nc(SC(C)C(=O)N3CC4(C)CC3CC(C)(C)C4)n(C)c(=O)c2c1-c1ccccc1. The molecule has 0 N–H and O–H groups in total. The molecule has 180 valence electrons. The van der Waals surface area contributed by atoms with E-state index in [4.69, 9.17) is 4.98 Å². The lowest BCUT2D eigenvalue weighted by Gasteiger charge is -2.39. The Morgan fingerprint density at radius 3 is 2.62 bits per heavy atom. The number of carbonyl (C=O) groups is 1. The van der Waals surface area contributed by atoms with Crippen LogP contribution >= 0.6 is 23.1 Å². The van der Waals surface area contributed by atoms with Gasteiger partial charge < -0.3 is 4.90 Å². The van der Waals surface area contributed by atoms with E-state index in [1.807, 2.05) is 44.2 Å². The van der Waals surface area contributed by atoms with Crippen molar-refractivity contribution < 1.29 is 4.79 Å². The maximum atomic E-state index is 13.5. The van der Waals surface area contributed by atoms with Crippen molar-refractivity contribution in [1.29, 1.82) is 0 Å². The first-order valence-corrected chi connectivity index (χ1v) is 13.7. The first-order valence-electron chi connectivity index (χ1n) is 12.0. The highest BCUT2D eigenvalue weighted by Gasteiger charge is 2.51. The van der Waals surface area contributed by atoms with Crippen LogP contribution in [0.25, 0.3) is 21.3 Å². The molecule has 0 spiro atoms. The maximum absolute atomic E-state index is 13.5. The lowest BCUT2D eigenvalue weighted by Crippen LogP contribution is -2.41.